The number of piperazine rings is 1. The molecule has 1 atom stereocenters. The monoisotopic (exact) mass is 358 g/mol. The maximum absolute atomic E-state index is 12.7. The van der Waals surface area contributed by atoms with Crippen LogP contribution in [0.1, 0.15) is 22.8 Å². The van der Waals surface area contributed by atoms with Crippen LogP contribution in [-0.4, -0.2) is 44.9 Å². The second kappa shape index (κ2) is 7.37. The first-order valence-electron chi connectivity index (χ1n) is 8.36. The highest BCUT2D eigenvalue weighted by Crippen LogP contribution is 2.18. The van der Waals surface area contributed by atoms with Crippen LogP contribution in [0.15, 0.2) is 59.5 Å². The van der Waals surface area contributed by atoms with Crippen molar-refractivity contribution in [3.05, 3.63) is 65.7 Å². The molecule has 1 saturated heterocycles. The topological polar surface area (TPSA) is 66.5 Å². The summed E-state index contributed by atoms with van der Waals surface area (Å²) in [6.45, 7) is 4.21. The third-order valence-electron chi connectivity index (χ3n) is 4.40. The lowest BCUT2D eigenvalue weighted by molar-refractivity contribution is 0.0655. The second-order valence-corrected chi connectivity index (χ2v) is 8.31. The number of carbonyl (C=O) groups excluding carboxylic acids is 1. The summed E-state index contributed by atoms with van der Waals surface area (Å²) in [5, 5.41) is 3.26. The molecule has 0 radical (unpaired) electrons. The van der Waals surface area contributed by atoms with Gasteiger partial charge in [0.1, 0.15) is 0 Å². The summed E-state index contributed by atoms with van der Waals surface area (Å²) in [5.74, 6) is -0.164. The van der Waals surface area contributed by atoms with Crippen molar-refractivity contribution < 1.29 is 13.2 Å². The van der Waals surface area contributed by atoms with Crippen molar-refractivity contribution in [3.8, 4) is 0 Å². The number of sulfone groups is 1. The first-order valence-corrected chi connectivity index (χ1v) is 10.0. The second-order valence-electron chi connectivity index (χ2n) is 6.32. The molecular formula is C19H22N2O3S. The number of hydrogen-bond acceptors (Lipinski definition) is 4. The fourth-order valence-corrected chi connectivity index (χ4v) is 4.39. The van der Waals surface area contributed by atoms with E-state index in [-0.39, 0.29) is 17.7 Å². The summed E-state index contributed by atoms with van der Waals surface area (Å²) in [7, 11) is -3.43. The molecule has 132 valence electrons. The van der Waals surface area contributed by atoms with Gasteiger partial charge in [0.25, 0.3) is 5.91 Å². The van der Waals surface area contributed by atoms with Gasteiger partial charge in [0.15, 0.2) is 9.84 Å². The predicted octanol–water partition coefficient (Wildman–Crippen LogP) is 2.09. The van der Waals surface area contributed by atoms with Crippen molar-refractivity contribution in [2.75, 3.05) is 19.6 Å². The fourth-order valence-electron chi connectivity index (χ4n) is 3.03. The third kappa shape index (κ3) is 4.08. The van der Waals surface area contributed by atoms with Gasteiger partial charge in [0, 0.05) is 31.2 Å². The molecular weight excluding hydrogens is 336 g/mol. The van der Waals surface area contributed by atoms with Gasteiger partial charge in [-0.3, -0.25) is 4.79 Å². The van der Waals surface area contributed by atoms with Crippen LogP contribution in [0, 0.1) is 0 Å². The van der Waals surface area contributed by atoms with Crippen molar-refractivity contribution in [1.29, 1.82) is 0 Å². The number of hydrogen-bond donors (Lipinski definition) is 1. The van der Waals surface area contributed by atoms with Gasteiger partial charge in [-0.05, 0) is 36.8 Å². The first kappa shape index (κ1) is 17.6. The molecule has 0 saturated carbocycles. The summed E-state index contributed by atoms with van der Waals surface area (Å²) in [4.78, 5) is 14.9. The highest BCUT2D eigenvalue weighted by molar-refractivity contribution is 7.90. The highest BCUT2D eigenvalue weighted by atomic mass is 32.2. The summed E-state index contributed by atoms with van der Waals surface area (Å²) in [5.41, 5.74) is 1.16. The van der Waals surface area contributed by atoms with E-state index in [2.05, 4.69) is 5.32 Å². The maximum atomic E-state index is 12.7. The standard InChI is InChI=1S/C19H22N2O3S/c1-15-13-20-10-11-21(15)19(22)17-7-5-6-16(12-17)14-25(23,24)18-8-3-2-4-9-18/h2-9,12,15,20H,10-11,13-14H2,1H3/t15-/m0/s1. The van der Waals surface area contributed by atoms with E-state index in [4.69, 9.17) is 0 Å². The number of nitrogens with one attached hydrogen (secondary N) is 1. The molecule has 25 heavy (non-hydrogen) atoms. The highest BCUT2D eigenvalue weighted by Gasteiger charge is 2.24. The SMILES string of the molecule is C[C@H]1CNCCN1C(=O)c1cccc(CS(=O)(=O)c2ccccc2)c1. The van der Waals surface area contributed by atoms with E-state index in [0.29, 0.717) is 22.6 Å². The van der Waals surface area contributed by atoms with Gasteiger partial charge in [-0.25, -0.2) is 8.42 Å². The van der Waals surface area contributed by atoms with Gasteiger partial charge < -0.3 is 10.2 Å². The van der Waals surface area contributed by atoms with E-state index in [1.807, 2.05) is 11.8 Å². The Hall–Kier alpha value is -2.18. The van der Waals surface area contributed by atoms with Crippen molar-refractivity contribution in [2.45, 2.75) is 23.6 Å². The van der Waals surface area contributed by atoms with Crippen molar-refractivity contribution in [1.82, 2.24) is 10.2 Å². The molecule has 1 N–H and O–H groups in total. The van der Waals surface area contributed by atoms with Crippen LogP contribution in [0.2, 0.25) is 0 Å². The van der Waals surface area contributed by atoms with Crippen LogP contribution >= 0.6 is 0 Å². The molecule has 6 heteroatoms. The van der Waals surface area contributed by atoms with Gasteiger partial charge in [-0.1, -0.05) is 30.3 Å². The minimum atomic E-state index is -3.43. The third-order valence-corrected chi connectivity index (χ3v) is 6.10. The Morgan fingerprint density at radius 3 is 2.64 bits per heavy atom. The smallest absolute Gasteiger partial charge is 0.254 e. The van der Waals surface area contributed by atoms with Crippen LogP contribution in [-0.2, 0) is 15.6 Å². The van der Waals surface area contributed by atoms with Gasteiger partial charge in [-0.15, -0.1) is 0 Å². The van der Waals surface area contributed by atoms with Gasteiger partial charge >= 0.3 is 0 Å². The van der Waals surface area contributed by atoms with Gasteiger partial charge in [-0.2, -0.15) is 0 Å². The van der Waals surface area contributed by atoms with E-state index in [9.17, 15) is 13.2 Å². The Balaban J connectivity index is 1.81. The summed E-state index contributed by atoms with van der Waals surface area (Å²) in [6, 6.07) is 15.4. The van der Waals surface area contributed by atoms with E-state index in [1.165, 1.54) is 0 Å². The molecule has 1 heterocycles. The molecule has 0 aromatic heterocycles. The molecule has 1 fully saturated rings. The average molecular weight is 358 g/mol. The molecule has 1 amide bonds. The zero-order chi connectivity index (χ0) is 17.9. The van der Waals surface area contributed by atoms with E-state index in [1.54, 1.807) is 54.6 Å². The molecule has 0 unspecified atom stereocenters. The Morgan fingerprint density at radius 2 is 1.92 bits per heavy atom. The Morgan fingerprint density at radius 1 is 1.16 bits per heavy atom. The molecule has 0 spiro atoms. The van der Waals surface area contributed by atoms with E-state index in [0.717, 1.165) is 13.1 Å². The van der Waals surface area contributed by atoms with Crippen LogP contribution in [0.3, 0.4) is 0 Å². The molecule has 2 aromatic carbocycles. The number of amides is 1. The number of rotatable bonds is 4. The fraction of sp³-hybridized carbons (Fsp3) is 0.316. The predicted molar refractivity (Wildman–Crippen MR) is 97.1 cm³/mol. The van der Waals surface area contributed by atoms with Crippen LogP contribution in [0.5, 0.6) is 0 Å². The largest absolute Gasteiger partial charge is 0.333 e. The number of carbonyl (C=O) groups is 1. The average Bonchev–Trinajstić information content (AvgIpc) is 2.62. The summed E-state index contributed by atoms with van der Waals surface area (Å²) < 4.78 is 25.1. The molecule has 0 aliphatic carbocycles. The van der Waals surface area contributed by atoms with Gasteiger partial charge in [0.2, 0.25) is 0 Å². The Bertz CT molecular complexity index is 850. The number of nitrogens with zero attached hydrogens (tertiary/aromatic N) is 1. The van der Waals surface area contributed by atoms with Crippen molar-refractivity contribution in [2.24, 2.45) is 0 Å². The lowest BCUT2D eigenvalue weighted by Crippen LogP contribution is -2.52. The number of benzene rings is 2. The molecule has 5 nitrogen and oxygen atoms in total. The van der Waals surface area contributed by atoms with Crippen LogP contribution in [0.25, 0.3) is 0 Å². The zero-order valence-electron chi connectivity index (χ0n) is 14.2. The lowest BCUT2D eigenvalue weighted by Gasteiger charge is -2.34. The molecule has 2 aromatic rings. The van der Waals surface area contributed by atoms with Crippen molar-refractivity contribution >= 4 is 15.7 Å². The summed E-state index contributed by atoms with van der Waals surface area (Å²) >= 11 is 0. The van der Waals surface area contributed by atoms with E-state index < -0.39 is 9.84 Å². The van der Waals surface area contributed by atoms with E-state index >= 15 is 0 Å². The Labute approximate surface area is 148 Å². The minimum Gasteiger partial charge on any atom is -0.333 e. The minimum absolute atomic E-state index is 0.0482. The van der Waals surface area contributed by atoms with Crippen LogP contribution < -0.4 is 5.32 Å². The quantitative estimate of drug-likeness (QED) is 0.909. The maximum Gasteiger partial charge on any atom is 0.254 e. The Kier molecular flexibility index (Phi) is 5.20. The molecule has 1 aliphatic rings. The zero-order valence-corrected chi connectivity index (χ0v) is 15.0. The molecule has 1 aliphatic heterocycles. The molecule has 0 bridgehead atoms. The van der Waals surface area contributed by atoms with Crippen LogP contribution in [0.4, 0.5) is 0 Å². The first-order chi connectivity index (χ1) is 12.0. The normalized spacial score (nSPS) is 18.1. The lowest BCUT2D eigenvalue weighted by atomic mass is 10.1. The van der Waals surface area contributed by atoms with Crippen molar-refractivity contribution in [3.63, 3.8) is 0 Å². The molecule has 3 rings (SSSR count). The van der Waals surface area contributed by atoms with Gasteiger partial charge in [0.05, 0.1) is 10.6 Å². The summed E-state index contributed by atoms with van der Waals surface area (Å²) in [6.07, 6.45) is 0.